The van der Waals surface area contributed by atoms with Crippen molar-refractivity contribution in [2.24, 2.45) is 15.9 Å². The summed E-state index contributed by atoms with van der Waals surface area (Å²) < 4.78 is 0. The minimum atomic E-state index is 0.727. The van der Waals surface area contributed by atoms with Gasteiger partial charge in [0.15, 0.2) is 12.4 Å². The van der Waals surface area contributed by atoms with Gasteiger partial charge in [0.1, 0.15) is 0 Å². The fourth-order valence-electron chi connectivity index (χ4n) is 3.13. The fourth-order valence-corrected chi connectivity index (χ4v) is 3.13. The highest BCUT2D eigenvalue weighted by Crippen LogP contribution is 2.23. The Morgan fingerprint density at radius 1 is 0.727 bits per heavy atom. The van der Waals surface area contributed by atoms with Crippen LogP contribution in [0.25, 0.3) is 0 Å². The Kier molecular flexibility index (Phi) is 12.1. The summed E-state index contributed by atoms with van der Waals surface area (Å²) in [6.45, 7) is 4.62. The summed E-state index contributed by atoms with van der Waals surface area (Å²) >= 11 is 0. The van der Waals surface area contributed by atoms with Crippen LogP contribution < -0.4 is 0 Å². The molecule has 1 aliphatic rings. The van der Waals surface area contributed by atoms with Gasteiger partial charge in [0.05, 0.1) is 6.42 Å². The second-order valence-electron chi connectivity index (χ2n) is 6.96. The molecule has 2 nitrogen and oxygen atoms in total. The smallest absolute Gasteiger partial charge is 0.0968 e. The predicted molar refractivity (Wildman–Crippen MR) is 99.7 cm³/mol. The van der Waals surface area contributed by atoms with Gasteiger partial charge in [-0.2, -0.15) is 0 Å². The largest absolute Gasteiger partial charge is 0.240 e. The van der Waals surface area contributed by atoms with Crippen molar-refractivity contribution in [1.82, 2.24) is 0 Å². The molecule has 1 rings (SSSR count). The third-order valence-corrected chi connectivity index (χ3v) is 4.60. The number of rotatable bonds is 15. The van der Waals surface area contributed by atoms with Crippen LogP contribution in [0.2, 0.25) is 0 Å². The van der Waals surface area contributed by atoms with Crippen LogP contribution in [0.15, 0.2) is 9.98 Å². The van der Waals surface area contributed by atoms with Crippen molar-refractivity contribution >= 4 is 12.4 Å². The van der Waals surface area contributed by atoms with E-state index in [4.69, 9.17) is 0 Å². The van der Waals surface area contributed by atoms with Gasteiger partial charge in [-0.25, -0.2) is 0 Å². The van der Waals surface area contributed by atoms with Gasteiger partial charge < -0.3 is 0 Å². The topological polar surface area (TPSA) is 24.7 Å². The average molecular weight is 306 g/mol. The number of hydrogen-bond donors (Lipinski definition) is 0. The van der Waals surface area contributed by atoms with E-state index in [0.29, 0.717) is 0 Å². The molecule has 1 aliphatic heterocycles. The van der Waals surface area contributed by atoms with Crippen LogP contribution in [-0.4, -0.2) is 12.4 Å². The molecule has 22 heavy (non-hydrogen) atoms. The monoisotopic (exact) mass is 305 g/mol. The molecule has 0 bridgehead atoms. The van der Waals surface area contributed by atoms with Gasteiger partial charge >= 0.3 is 0 Å². The van der Waals surface area contributed by atoms with Crippen molar-refractivity contribution in [2.75, 3.05) is 0 Å². The first kappa shape index (κ1) is 19.3. The zero-order valence-corrected chi connectivity index (χ0v) is 15.0. The molecule has 0 aromatic heterocycles. The van der Waals surface area contributed by atoms with Crippen LogP contribution >= 0.6 is 0 Å². The van der Waals surface area contributed by atoms with Crippen molar-refractivity contribution in [1.29, 1.82) is 0 Å². The lowest BCUT2D eigenvalue weighted by Gasteiger charge is -2.09. The van der Waals surface area contributed by atoms with Crippen molar-refractivity contribution in [2.45, 2.75) is 104 Å². The SMILES string of the molecule is CCCCCCCCCCCCCCC(C)C[C+]1N=CC=N1. The average Bonchev–Trinajstić information content (AvgIpc) is 3.01. The Bertz CT molecular complexity index is 284. The minimum absolute atomic E-state index is 0.727. The molecule has 0 saturated carbocycles. The van der Waals surface area contributed by atoms with Crippen LogP contribution in [-0.2, 0) is 0 Å². The highest BCUT2D eigenvalue weighted by atomic mass is 15.0. The van der Waals surface area contributed by atoms with Crippen LogP contribution in [0.1, 0.15) is 104 Å². The van der Waals surface area contributed by atoms with Crippen LogP contribution in [0, 0.1) is 12.1 Å². The van der Waals surface area contributed by atoms with E-state index in [9.17, 15) is 0 Å². The zero-order valence-electron chi connectivity index (χ0n) is 15.0. The zero-order chi connectivity index (χ0) is 15.9. The van der Waals surface area contributed by atoms with E-state index < -0.39 is 0 Å². The van der Waals surface area contributed by atoms with Gasteiger partial charge in [0.2, 0.25) is 6.17 Å². The summed E-state index contributed by atoms with van der Waals surface area (Å²) in [6.07, 6.45) is 24.1. The van der Waals surface area contributed by atoms with E-state index in [2.05, 4.69) is 23.8 Å². The Hall–Kier alpha value is -0.790. The maximum Gasteiger partial charge on any atom is 0.240 e. The molecular weight excluding hydrogens is 268 g/mol. The van der Waals surface area contributed by atoms with E-state index in [-0.39, 0.29) is 0 Å². The molecule has 0 N–H and O–H groups in total. The molecule has 0 saturated heterocycles. The third kappa shape index (κ3) is 10.9. The normalized spacial score (nSPS) is 14.9. The van der Waals surface area contributed by atoms with Crippen molar-refractivity contribution in [3.05, 3.63) is 6.17 Å². The Morgan fingerprint density at radius 2 is 1.18 bits per heavy atom. The number of unbranched alkanes of at least 4 members (excludes halogenated alkanes) is 11. The molecule has 1 heterocycles. The summed E-state index contributed by atoms with van der Waals surface area (Å²) in [5.74, 6) is 0.727. The molecule has 126 valence electrons. The van der Waals surface area contributed by atoms with E-state index >= 15 is 0 Å². The Labute approximate surface area is 138 Å². The van der Waals surface area contributed by atoms with Crippen molar-refractivity contribution in [3.63, 3.8) is 0 Å². The molecule has 0 amide bonds. The van der Waals surface area contributed by atoms with Crippen molar-refractivity contribution in [3.8, 4) is 0 Å². The lowest BCUT2D eigenvalue weighted by atomic mass is 9.97. The standard InChI is InChI=1S/C20H37N2/c1-3-4-5-6-7-8-9-10-11-12-13-14-15-19(2)18-20-21-16-17-22-20/h16-17,19H,3-15,18H2,1-2H3/q+1. The minimum Gasteiger partial charge on any atom is -0.0968 e. The summed E-state index contributed by atoms with van der Waals surface area (Å²) in [6, 6.07) is 0. The second kappa shape index (κ2) is 13.8. The maximum absolute atomic E-state index is 4.25. The summed E-state index contributed by atoms with van der Waals surface area (Å²) in [7, 11) is 0. The first-order chi connectivity index (χ1) is 10.8. The van der Waals surface area contributed by atoms with Gasteiger partial charge in [-0.05, 0) is 12.3 Å². The van der Waals surface area contributed by atoms with Gasteiger partial charge in [0.25, 0.3) is 0 Å². The Balaban J connectivity index is 1.76. The third-order valence-electron chi connectivity index (χ3n) is 4.60. The number of nitrogens with zero attached hydrogens (tertiary/aromatic N) is 2. The van der Waals surface area contributed by atoms with E-state index in [0.717, 1.165) is 18.5 Å². The lowest BCUT2D eigenvalue weighted by molar-refractivity contribution is 0.458. The fraction of sp³-hybridized carbons (Fsp3) is 0.850. The molecule has 0 radical (unpaired) electrons. The molecule has 0 fully saturated rings. The first-order valence-electron chi connectivity index (χ1n) is 9.75. The summed E-state index contributed by atoms with van der Waals surface area (Å²) in [5.41, 5.74) is 0. The lowest BCUT2D eigenvalue weighted by Crippen LogP contribution is -1.99. The second-order valence-corrected chi connectivity index (χ2v) is 6.96. The summed E-state index contributed by atoms with van der Waals surface area (Å²) in [4.78, 5) is 8.51. The van der Waals surface area contributed by atoms with E-state index in [1.807, 2.05) is 0 Å². The van der Waals surface area contributed by atoms with Gasteiger partial charge in [0, 0.05) is 0 Å². The molecule has 2 heteroatoms. The van der Waals surface area contributed by atoms with E-state index in [1.165, 1.54) is 83.5 Å². The molecule has 1 unspecified atom stereocenters. The van der Waals surface area contributed by atoms with Crippen LogP contribution in [0.5, 0.6) is 0 Å². The number of hydrogen-bond acceptors (Lipinski definition) is 2. The van der Waals surface area contributed by atoms with E-state index in [1.54, 1.807) is 12.4 Å². The van der Waals surface area contributed by atoms with Gasteiger partial charge in [-0.3, -0.25) is 0 Å². The quantitative estimate of drug-likeness (QED) is 0.236. The number of aliphatic imine (C=N–C) groups is 2. The van der Waals surface area contributed by atoms with Crippen LogP contribution in [0.3, 0.4) is 0 Å². The summed E-state index contributed by atoms with van der Waals surface area (Å²) in [5, 5.41) is 0. The first-order valence-corrected chi connectivity index (χ1v) is 9.75. The maximum atomic E-state index is 4.25. The molecular formula is C20H37N2+. The molecule has 0 aliphatic carbocycles. The highest BCUT2D eigenvalue weighted by molar-refractivity contribution is 6.18. The molecule has 0 aromatic rings. The highest BCUT2D eigenvalue weighted by Gasteiger charge is 2.19. The predicted octanol–water partition coefficient (Wildman–Crippen LogP) is 6.75. The molecule has 0 spiro atoms. The molecule has 0 aromatic carbocycles. The van der Waals surface area contributed by atoms with Gasteiger partial charge in [-0.15, -0.1) is 0 Å². The van der Waals surface area contributed by atoms with Gasteiger partial charge in [-0.1, -0.05) is 101 Å². The Morgan fingerprint density at radius 3 is 1.68 bits per heavy atom. The van der Waals surface area contributed by atoms with Crippen molar-refractivity contribution < 1.29 is 0 Å². The molecule has 1 atom stereocenters. The van der Waals surface area contributed by atoms with Crippen LogP contribution in [0.4, 0.5) is 0 Å².